The van der Waals surface area contributed by atoms with Crippen molar-refractivity contribution >= 4 is 0 Å². The highest BCUT2D eigenvalue weighted by molar-refractivity contribution is 5.10. The lowest BCUT2D eigenvalue weighted by Crippen LogP contribution is -2.57. The zero-order chi connectivity index (χ0) is 37.6. The van der Waals surface area contributed by atoms with Gasteiger partial charge in [0.2, 0.25) is 0 Å². The van der Waals surface area contributed by atoms with E-state index in [-0.39, 0.29) is 0 Å². The van der Waals surface area contributed by atoms with Gasteiger partial charge in [0.15, 0.2) is 0 Å². The van der Waals surface area contributed by atoms with E-state index in [0.717, 1.165) is 12.8 Å². The van der Waals surface area contributed by atoms with Crippen LogP contribution in [-0.4, -0.2) is 39.5 Å². The molecule has 1 aromatic rings. The van der Waals surface area contributed by atoms with E-state index in [2.05, 4.69) is 94.0 Å². The zero-order valence-electron chi connectivity index (χ0n) is 35.8. The molecule has 1 saturated carbocycles. The van der Waals surface area contributed by atoms with Crippen molar-refractivity contribution < 1.29 is 0 Å². The first-order valence-corrected chi connectivity index (χ1v) is 22.8. The molecule has 0 aliphatic heterocycles. The van der Waals surface area contributed by atoms with Gasteiger partial charge in [-0.15, -0.1) is 5.10 Å². The Morgan fingerprint density at radius 1 is 0.596 bits per heavy atom. The quantitative estimate of drug-likeness (QED) is 0.0517. The van der Waals surface area contributed by atoms with Crippen LogP contribution in [0.3, 0.4) is 0 Å². The van der Waals surface area contributed by atoms with Crippen LogP contribution in [0.4, 0.5) is 0 Å². The summed E-state index contributed by atoms with van der Waals surface area (Å²) in [5.74, 6) is 0. The van der Waals surface area contributed by atoms with Crippen LogP contribution in [-0.2, 0) is 6.42 Å². The Morgan fingerprint density at radius 2 is 1.00 bits per heavy atom. The van der Waals surface area contributed by atoms with Crippen molar-refractivity contribution in [1.82, 2.24) is 19.9 Å². The third-order valence-electron chi connectivity index (χ3n) is 12.0. The molecule has 1 aliphatic carbocycles. The number of hydrogen-bond donors (Lipinski definition) is 0. The molecule has 1 heterocycles. The van der Waals surface area contributed by atoms with Crippen LogP contribution >= 0.6 is 0 Å². The van der Waals surface area contributed by atoms with Crippen LogP contribution in [0.25, 0.3) is 0 Å². The molecule has 1 aromatic heterocycles. The molecule has 52 heavy (non-hydrogen) atoms. The Labute approximate surface area is 325 Å². The highest BCUT2D eigenvalue weighted by atomic mass is 15.4. The summed E-state index contributed by atoms with van der Waals surface area (Å²) in [6, 6.07) is 0.508. The first-order valence-electron chi connectivity index (χ1n) is 22.8. The summed E-state index contributed by atoms with van der Waals surface area (Å²) in [5, 5.41) is 9.49. The smallest absolute Gasteiger partial charge is 0.0832 e. The van der Waals surface area contributed by atoms with Crippen molar-refractivity contribution in [3.8, 4) is 0 Å². The molecule has 0 N–H and O–H groups in total. The average molecular weight is 721 g/mol. The zero-order valence-corrected chi connectivity index (χ0v) is 35.8. The van der Waals surface area contributed by atoms with Crippen LogP contribution in [0.1, 0.15) is 232 Å². The predicted molar refractivity (Wildman–Crippen MR) is 230 cm³/mol. The van der Waals surface area contributed by atoms with E-state index in [0.29, 0.717) is 17.0 Å². The fourth-order valence-corrected chi connectivity index (χ4v) is 8.64. The fraction of sp³-hybridized carbons (Fsp3) is 0.833. The first kappa shape index (κ1) is 46.5. The molecule has 4 heteroatoms. The number of rotatable bonds is 35. The van der Waals surface area contributed by atoms with Gasteiger partial charge >= 0.3 is 0 Å². The van der Waals surface area contributed by atoms with E-state index in [1.807, 2.05) is 0 Å². The summed E-state index contributed by atoms with van der Waals surface area (Å²) in [7, 11) is 4.45. The van der Waals surface area contributed by atoms with Gasteiger partial charge in [0.05, 0.1) is 11.7 Å². The van der Waals surface area contributed by atoms with Crippen LogP contribution in [0.5, 0.6) is 0 Å². The van der Waals surface area contributed by atoms with Gasteiger partial charge in [-0.25, -0.2) is 4.68 Å². The highest BCUT2D eigenvalue weighted by Crippen LogP contribution is 2.52. The second-order valence-corrected chi connectivity index (χ2v) is 17.7. The van der Waals surface area contributed by atoms with Gasteiger partial charge in [0.1, 0.15) is 0 Å². The van der Waals surface area contributed by atoms with Crippen LogP contribution in [0.2, 0.25) is 0 Å². The summed E-state index contributed by atoms with van der Waals surface area (Å²) >= 11 is 0. The third-order valence-corrected chi connectivity index (χ3v) is 12.0. The van der Waals surface area contributed by atoms with Gasteiger partial charge in [0.25, 0.3) is 0 Å². The van der Waals surface area contributed by atoms with Crippen LogP contribution in [0.15, 0.2) is 42.7 Å². The SMILES string of the molecule is CCCCC/C=C\C/C=C\CCCCCCCCC(CCCCCCCCCCC/C=C\CCCCC)n1cc(CC2(C)CC(C)(N(C)C)C2)nn1. The molecule has 0 radical (unpaired) electrons. The lowest BCUT2D eigenvalue weighted by molar-refractivity contribution is -0.0399. The Morgan fingerprint density at radius 3 is 1.44 bits per heavy atom. The number of nitrogens with zero attached hydrogens (tertiary/aromatic N) is 4. The van der Waals surface area contributed by atoms with Crippen molar-refractivity contribution in [2.24, 2.45) is 5.41 Å². The van der Waals surface area contributed by atoms with Crippen molar-refractivity contribution in [2.45, 2.75) is 238 Å². The Bertz CT molecular complexity index is 1040. The monoisotopic (exact) mass is 721 g/mol. The molecule has 0 amide bonds. The van der Waals surface area contributed by atoms with Gasteiger partial charge in [-0.05, 0) is 116 Å². The minimum atomic E-state index is 0.333. The van der Waals surface area contributed by atoms with E-state index >= 15 is 0 Å². The summed E-state index contributed by atoms with van der Waals surface area (Å²) in [4.78, 5) is 2.41. The van der Waals surface area contributed by atoms with Crippen LogP contribution in [0, 0.1) is 5.41 Å². The fourth-order valence-electron chi connectivity index (χ4n) is 8.64. The standard InChI is InChI=1S/C48H88N4/c1-7-9-11-13-15-17-19-21-23-25-27-29-31-33-35-37-39-46(52-42-45(49-50-52)41-47(3)43-48(4,44-47)51(5)6)40-38-36-34-32-30-28-26-24-22-20-18-16-14-12-10-8-2/h15-18,21,23,42,46H,7-14,19-20,22,24-41,43-44H2,1-6H3/b17-15-,18-16-,23-21-. The number of aromatic nitrogens is 3. The van der Waals surface area contributed by atoms with Crippen molar-refractivity contribution in [3.63, 3.8) is 0 Å². The molecular formula is C48H88N4. The van der Waals surface area contributed by atoms with Gasteiger partial charge in [0, 0.05) is 11.7 Å². The molecule has 1 unspecified atom stereocenters. The van der Waals surface area contributed by atoms with Gasteiger partial charge < -0.3 is 4.90 Å². The largest absolute Gasteiger partial charge is 0.304 e. The van der Waals surface area contributed by atoms with Crippen molar-refractivity contribution in [3.05, 3.63) is 48.3 Å². The van der Waals surface area contributed by atoms with Crippen molar-refractivity contribution in [2.75, 3.05) is 14.1 Å². The van der Waals surface area contributed by atoms with E-state index < -0.39 is 0 Å². The summed E-state index contributed by atoms with van der Waals surface area (Å²) in [6.07, 6.45) is 57.6. The summed E-state index contributed by atoms with van der Waals surface area (Å²) in [6.45, 7) is 9.42. The second-order valence-electron chi connectivity index (χ2n) is 17.7. The highest BCUT2D eigenvalue weighted by Gasteiger charge is 2.50. The Kier molecular flexibility index (Phi) is 26.5. The number of hydrogen-bond acceptors (Lipinski definition) is 3. The summed E-state index contributed by atoms with van der Waals surface area (Å²) < 4.78 is 2.27. The molecule has 300 valence electrons. The van der Waals surface area contributed by atoms with Crippen molar-refractivity contribution in [1.29, 1.82) is 0 Å². The molecule has 0 aromatic carbocycles. The minimum absolute atomic E-state index is 0.333. The molecular weight excluding hydrogens is 633 g/mol. The maximum absolute atomic E-state index is 4.76. The molecule has 0 bridgehead atoms. The number of allylic oxidation sites excluding steroid dienone is 6. The normalized spacial score (nSPS) is 19.9. The lowest BCUT2D eigenvalue weighted by atomic mass is 9.57. The first-order chi connectivity index (χ1) is 25.3. The summed E-state index contributed by atoms with van der Waals surface area (Å²) in [5.41, 5.74) is 1.88. The van der Waals surface area contributed by atoms with E-state index in [1.54, 1.807) is 0 Å². The molecule has 1 aliphatic rings. The minimum Gasteiger partial charge on any atom is -0.304 e. The lowest BCUT2D eigenvalue weighted by Gasteiger charge is -2.56. The number of unbranched alkanes of at least 4 members (excludes halogenated alkanes) is 21. The Hall–Kier alpha value is -1.68. The molecule has 1 atom stereocenters. The second kappa shape index (κ2) is 29.6. The average Bonchev–Trinajstić information content (AvgIpc) is 3.57. The molecule has 4 nitrogen and oxygen atoms in total. The molecule has 2 rings (SSSR count). The molecule has 1 fully saturated rings. The predicted octanol–water partition coefficient (Wildman–Crippen LogP) is 15.1. The van der Waals surface area contributed by atoms with E-state index in [4.69, 9.17) is 10.3 Å². The van der Waals surface area contributed by atoms with E-state index in [1.165, 1.54) is 192 Å². The topological polar surface area (TPSA) is 34.0 Å². The third kappa shape index (κ3) is 21.9. The van der Waals surface area contributed by atoms with Crippen LogP contribution < -0.4 is 0 Å². The van der Waals surface area contributed by atoms with Gasteiger partial charge in [-0.1, -0.05) is 172 Å². The Balaban J connectivity index is 1.65. The van der Waals surface area contributed by atoms with E-state index in [9.17, 15) is 0 Å². The molecule has 0 spiro atoms. The maximum Gasteiger partial charge on any atom is 0.0832 e. The van der Waals surface area contributed by atoms with Gasteiger partial charge in [-0.2, -0.15) is 0 Å². The molecule has 0 saturated heterocycles. The maximum atomic E-state index is 4.76. The van der Waals surface area contributed by atoms with Gasteiger partial charge in [-0.3, -0.25) is 0 Å².